The van der Waals surface area contributed by atoms with E-state index in [9.17, 15) is 4.39 Å². The molecule has 0 saturated heterocycles. The molecule has 0 bridgehead atoms. The van der Waals surface area contributed by atoms with Gasteiger partial charge < -0.3 is 11.1 Å². The van der Waals surface area contributed by atoms with Crippen LogP contribution in [0.25, 0.3) is 0 Å². The van der Waals surface area contributed by atoms with Gasteiger partial charge in [0, 0.05) is 13.2 Å². The third kappa shape index (κ3) is 2.18. The van der Waals surface area contributed by atoms with E-state index in [1.165, 1.54) is 16.8 Å². The van der Waals surface area contributed by atoms with Gasteiger partial charge in [0.15, 0.2) is 5.82 Å². The van der Waals surface area contributed by atoms with Crippen molar-refractivity contribution in [3.63, 3.8) is 0 Å². The Balaban J connectivity index is 2.31. The van der Waals surface area contributed by atoms with Gasteiger partial charge >= 0.3 is 0 Å². The minimum atomic E-state index is -0.519. The van der Waals surface area contributed by atoms with Crippen molar-refractivity contribution < 1.29 is 4.39 Å². The average molecular weight is 231 g/mol. The summed E-state index contributed by atoms with van der Waals surface area (Å²) in [5.41, 5.74) is 6.60. The van der Waals surface area contributed by atoms with Crippen LogP contribution in [0.5, 0.6) is 0 Å². The van der Waals surface area contributed by atoms with Gasteiger partial charge in [0.1, 0.15) is 5.82 Å². The highest BCUT2D eigenvalue weighted by Crippen LogP contribution is 2.23. The number of benzene rings is 1. The number of aromatic nitrogens is 2. The number of rotatable bonds is 2. The molecule has 1 heterocycles. The first-order valence-corrected chi connectivity index (χ1v) is 4.86. The van der Waals surface area contributed by atoms with Crippen LogP contribution < -0.4 is 11.1 Å². The number of halogens is 1. The van der Waals surface area contributed by atoms with Crippen LogP contribution in [0.2, 0.25) is 0 Å². The molecule has 6 heteroatoms. The zero-order valence-corrected chi connectivity index (χ0v) is 9.11. The number of anilines is 3. The van der Waals surface area contributed by atoms with E-state index in [0.29, 0.717) is 11.5 Å². The molecule has 1 aromatic heterocycles. The molecular weight excluding hydrogens is 221 g/mol. The van der Waals surface area contributed by atoms with Gasteiger partial charge in [-0.1, -0.05) is 0 Å². The fraction of sp³-hybridized carbons (Fsp3) is 0.0909. The SMILES string of the molecule is Cn1cc(N)c(Nc2ccc(C#N)cc2F)n1. The summed E-state index contributed by atoms with van der Waals surface area (Å²) in [7, 11) is 1.72. The molecule has 17 heavy (non-hydrogen) atoms. The fourth-order valence-electron chi connectivity index (χ4n) is 1.42. The standard InChI is InChI=1S/C11H10FN5/c1-17-6-9(14)11(16-17)15-10-3-2-7(5-13)4-8(10)12/h2-4,6H,14H2,1H3,(H,15,16). The molecule has 0 aliphatic carbocycles. The zero-order valence-electron chi connectivity index (χ0n) is 9.11. The van der Waals surface area contributed by atoms with Crippen molar-refractivity contribution in [1.82, 2.24) is 9.78 Å². The first-order valence-electron chi connectivity index (χ1n) is 4.86. The van der Waals surface area contributed by atoms with Crippen LogP contribution in [-0.2, 0) is 7.05 Å². The van der Waals surface area contributed by atoms with Gasteiger partial charge in [-0.2, -0.15) is 10.4 Å². The lowest BCUT2D eigenvalue weighted by molar-refractivity contribution is 0.631. The molecule has 2 rings (SSSR count). The summed E-state index contributed by atoms with van der Waals surface area (Å²) in [5.74, 6) is -0.134. The minimum absolute atomic E-state index is 0.231. The van der Waals surface area contributed by atoms with E-state index in [1.807, 2.05) is 6.07 Å². The van der Waals surface area contributed by atoms with E-state index in [4.69, 9.17) is 11.0 Å². The highest BCUT2D eigenvalue weighted by molar-refractivity contribution is 5.68. The van der Waals surface area contributed by atoms with E-state index in [2.05, 4.69) is 10.4 Å². The summed E-state index contributed by atoms with van der Waals surface area (Å²) in [6, 6.07) is 6.01. The molecule has 0 amide bonds. The van der Waals surface area contributed by atoms with Crippen molar-refractivity contribution in [1.29, 1.82) is 5.26 Å². The van der Waals surface area contributed by atoms with E-state index in [1.54, 1.807) is 13.2 Å². The Labute approximate surface area is 97.3 Å². The zero-order chi connectivity index (χ0) is 12.4. The maximum atomic E-state index is 13.6. The molecule has 0 unspecified atom stereocenters. The maximum absolute atomic E-state index is 13.6. The average Bonchev–Trinajstić information content (AvgIpc) is 2.60. The Kier molecular flexibility index (Phi) is 2.66. The molecule has 0 spiro atoms. The number of hydrogen-bond donors (Lipinski definition) is 2. The van der Waals surface area contributed by atoms with Crippen LogP contribution in [0.15, 0.2) is 24.4 Å². The molecule has 3 N–H and O–H groups in total. The van der Waals surface area contributed by atoms with E-state index < -0.39 is 5.82 Å². The molecule has 0 aliphatic rings. The van der Waals surface area contributed by atoms with Crippen LogP contribution in [0.4, 0.5) is 21.6 Å². The highest BCUT2D eigenvalue weighted by atomic mass is 19.1. The van der Waals surface area contributed by atoms with Gasteiger partial charge in [-0.3, -0.25) is 4.68 Å². The maximum Gasteiger partial charge on any atom is 0.175 e. The minimum Gasteiger partial charge on any atom is -0.394 e. The molecule has 2 aromatic rings. The molecule has 86 valence electrons. The number of nitrogens with zero attached hydrogens (tertiary/aromatic N) is 3. The van der Waals surface area contributed by atoms with Crippen LogP contribution >= 0.6 is 0 Å². The van der Waals surface area contributed by atoms with Crippen LogP contribution in [0, 0.1) is 17.1 Å². The second kappa shape index (κ2) is 4.14. The van der Waals surface area contributed by atoms with Gasteiger partial charge in [-0.05, 0) is 18.2 Å². The number of nitriles is 1. The normalized spacial score (nSPS) is 9.94. The largest absolute Gasteiger partial charge is 0.394 e. The second-order valence-electron chi connectivity index (χ2n) is 3.54. The summed E-state index contributed by atoms with van der Waals surface area (Å²) in [6.07, 6.45) is 1.61. The first-order chi connectivity index (χ1) is 8.10. The second-order valence-corrected chi connectivity index (χ2v) is 3.54. The summed E-state index contributed by atoms with van der Waals surface area (Å²) in [4.78, 5) is 0. The number of nitrogens with two attached hydrogens (primary N) is 1. The van der Waals surface area contributed by atoms with Crippen molar-refractivity contribution in [2.24, 2.45) is 7.05 Å². The summed E-state index contributed by atoms with van der Waals surface area (Å²) >= 11 is 0. The van der Waals surface area contributed by atoms with Crippen LogP contribution in [-0.4, -0.2) is 9.78 Å². The van der Waals surface area contributed by atoms with E-state index in [0.717, 1.165) is 6.07 Å². The lowest BCUT2D eigenvalue weighted by Crippen LogP contribution is -1.98. The van der Waals surface area contributed by atoms with E-state index >= 15 is 0 Å². The first kappa shape index (κ1) is 11.0. The Bertz CT molecular complexity index is 596. The molecule has 0 aliphatic heterocycles. The lowest BCUT2D eigenvalue weighted by atomic mass is 10.2. The van der Waals surface area contributed by atoms with Crippen molar-refractivity contribution in [3.05, 3.63) is 35.8 Å². The van der Waals surface area contributed by atoms with Crippen molar-refractivity contribution in [2.75, 3.05) is 11.1 Å². The molecule has 0 fully saturated rings. The summed E-state index contributed by atoms with van der Waals surface area (Å²) < 4.78 is 15.1. The summed E-state index contributed by atoms with van der Waals surface area (Å²) in [5, 5.41) is 15.4. The van der Waals surface area contributed by atoms with Crippen molar-refractivity contribution in [3.8, 4) is 6.07 Å². The van der Waals surface area contributed by atoms with Gasteiger partial charge in [0.2, 0.25) is 0 Å². The topological polar surface area (TPSA) is 79.7 Å². The quantitative estimate of drug-likeness (QED) is 0.825. The van der Waals surface area contributed by atoms with Crippen molar-refractivity contribution >= 4 is 17.2 Å². The molecule has 0 atom stereocenters. The molecule has 1 aromatic carbocycles. The Morgan fingerprint density at radius 1 is 1.53 bits per heavy atom. The number of nitrogen functional groups attached to an aromatic ring is 1. The Morgan fingerprint density at radius 3 is 2.82 bits per heavy atom. The fourth-order valence-corrected chi connectivity index (χ4v) is 1.42. The molecule has 5 nitrogen and oxygen atoms in total. The smallest absolute Gasteiger partial charge is 0.175 e. The van der Waals surface area contributed by atoms with Crippen LogP contribution in [0.3, 0.4) is 0 Å². The number of hydrogen-bond acceptors (Lipinski definition) is 4. The lowest BCUT2D eigenvalue weighted by Gasteiger charge is -2.05. The highest BCUT2D eigenvalue weighted by Gasteiger charge is 2.08. The van der Waals surface area contributed by atoms with Crippen LogP contribution in [0.1, 0.15) is 5.56 Å². The third-order valence-corrected chi connectivity index (χ3v) is 2.21. The molecular formula is C11H10FN5. The predicted molar refractivity (Wildman–Crippen MR) is 62.0 cm³/mol. The molecule has 0 saturated carbocycles. The Morgan fingerprint density at radius 2 is 2.29 bits per heavy atom. The summed E-state index contributed by atoms with van der Waals surface area (Å²) in [6.45, 7) is 0. The van der Waals surface area contributed by atoms with Gasteiger partial charge in [-0.15, -0.1) is 0 Å². The number of aryl methyl sites for hydroxylation is 1. The van der Waals surface area contributed by atoms with Gasteiger partial charge in [0.25, 0.3) is 0 Å². The Hall–Kier alpha value is -2.55. The van der Waals surface area contributed by atoms with E-state index in [-0.39, 0.29) is 11.3 Å². The van der Waals surface area contributed by atoms with Gasteiger partial charge in [-0.25, -0.2) is 4.39 Å². The van der Waals surface area contributed by atoms with Crippen molar-refractivity contribution in [2.45, 2.75) is 0 Å². The number of nitrogens with one attached hydrogen (secondary N) is 1. The molecule has 0 radical (unpaired) electrons. The van der Waals surface area contributed by atoms with Gasteiger partial charge in [0.05, 0.1) is 23.0 Å². The predicted octanol–water partition coefficient (Wildman–Crippen LogP) is 1.76. The third-order valence-electron chi connectivity index (χ3n) is 2.21. The monoisotopic (exact) mass is 231 g/mol.